The van der Waals surface area contributed by atoms with Crippen molar-refractivity contribution in [3.8, 4) is 5.75 Å². The molecule has 0 spiro atoms. The Hall–Kier alpha value is -1.58. The molecule has 1 aromatic rings. The van der Waals surface area contributed by atoms with Gasteiger partial charge in [0.2, 0.25) is 0 Å². The first-order chi connectivity index (χ1) is 10.1. The second-order valence-electron chi connectivity index (χ2n) is 5.63. The van der Waals surface area contributed by atoms with Crippen molar-refractivity contribution in [2.45, 2.75) is 58.1 Å². The van der Waals surface area contributed by atoms with Crippen molar-refractivity contribution in [1.82, 2.24) is 4.90 Å². The first-order valence-electron chi connectivity index (χ1n) is 7.84. The van der Waals surface area contributed by atoms with Gasteiger partial charge >= 0.3 is 0 Å². The highest BCUT2D eigenvalue weighted by Crippen LogP contribution is 2.24. The van der Waals surface area contributed by atoms with Gasteiger partial charge in [-0.25, -0.2) is 4.39 Å². The van der Waals surface area contributed by atoms with E-state index in [1.165, 1.54) is 31.4 Å². The van der Waals surface area contributed by atoms with Crippen LogP contribution < -0.4 is 4.74 Å². The zero-order valence-electron chi connectivity index (χ0n) is 12.8. The van der Waals surface area contributed by atoms with Gasteiger partial charge in [-0.15, -0.1) is 0 Å². The second kappa shape index (κ2) is 7.43. The van der Waals surface area contributed by atoms with E-state index in [1.807, 2.05) is 11.8 Å². The summed E-state index contributed by atoms with van der Waals surface area (Å²) in [5.74, 6) is 0.0379. The van der Waals surface area contributed by atoms with Gasteiger partial charge in [0.25, 0.3) is 5.91 Å². The molecule has 0 heterocycles. The number of hydrogen-bond acceptors (Lipinski definition) is 2. The number of rotatable bonds is 5. The number of amides is 1. The van der Waals surface area contributed by atoms with E-state index in [0.717, 1.165) is 12.8 Å². The SMILES string of the molecule is CCN(C(=O)C(C)Oc1cccc(F)c1)C1CCCCC1. The number of carbonyl (C=O) groups is 1. The Bertz CT molecular complexity index is 472. The first-order valence-corrected chi connectivity index (χ1v) is 7.84. The van der Waals surface area contributed by atoms with Crippen molar-refractivity contribution in [3.05, 3.63) is 30.1 Å². The third-order valence-corrected chi connectivity index (χ3v) is 4.10. The first kappa shape index (κ1) is 15.8. The third kappa shape index (κ3) is 4.19. The lowest BCUT2D eigenvalue weighted by Gasteiger charge is -2.35. The molecule has 21 heavy (non-hydrogen) atoms. The molecule has 1 atom stereocenters. The number of ether oxygens (including phenoxy) is 1. The molecule has 1 unspecified atom stereocenters. The highest BCUT2D eigenvalue weighted by atomic mass is 19.1. The number of benzene rings is 1. The zero-order valence-corrected chi connectivity index (χ0v) is 12.8. The van der Waals surface area contributed by atoms with Crippen LogP contribution in [0, 0.1) is 5.82 Å². The second-order valence-corrected chi connectivity index (χ2v) is 5.63. The number of likely N-dealkylation sites (N-methyl/N-ethyl adjacent to an activating group) is 1. The summed E-state index contributed by atoms with van der Waals surface area (Å²) in [5.41, 5.74) is 0. The van der Waals surface area contributed by atoms with Gasteiger partial charge < -0.3 is 9.64 Å². The van der Waals surface area contributed by atoms with Crippen LogP contribution in [0.3, 0.4) is 0 Å². The largest absolute Gasteiger partial charge is 0.481 e. The van der Waals surface area contributed by atoms with E-state index in [4.69, 9.17) is 4.74 Å². The predicted molar refractivity (Wildman–Crippen MR) is 80.8 cm³/mol. The van der Waals surface area contributed by atoms with Crippen LogP contribution in [-0.4, -0.2) is 29.5 Å². The average Bonchev–Trinajstić information content (AvgIpc) is 2.49. The summed E-state index contributed by atoms with van der Waals surface area (Å²) in [5, 5.41) is 0. The molecule has 4 heteroatoms. The van der Waals surface area contributed by atoms with Gasteiger partial charge in [0.05, 0.1) is 0 Å². The minimum atomic E-state index is -0.589. The van der Waals surface area contributed by atoms with Gasteiger partial charge in [-0.1, -0.05) is 25.3 Å². The molecule has 1 amide bonds. The molecular weight excluding hydrogens is 269 g/mol. The molecule has 116 valence electrons. The zero-order chi connectivity index (χ0) is 15.2. The highest BCUT2D eigenvalue weighted by Gasteiger charge is 2.28. The predicted octanol–water partition coefficient (Wildman–Crippen LogP) is 3.77. The molecule has 0 N–H and O–H groups in total. The molecule has 0 aromatic heterocycles. The molecule has 1 aliphatic carbocycles. The fourth-order valence-corrected chi connectivity index (χ4v) is 3.02. The van der Waals surface area contributed by atoms with Gasteiger partial charge in [-0.2, -0.15) is 0 Å². The molecule has 0 aliphatic heterocycles. The Morgan fingerprint density at radius 1 is 1.38 bits per heavy atom. The smallest absolute Gasteiger partial charge is 0.263 e. The fraction of sp³-hybridized carbons (Fsp3) is 0.588. The van der Waals surface area contributed by atoms with Crippen LogP contribution in [0.5, 0.6) is 5.75 Å². The van der Waals surface area contributed by atoms with Crippen LogP contribution in [-0.2, 0) is 4.79 Å². The van der Waals surface area contributed by atoms with E-state index >= 15 is 0 Å². The summed E-state index contributed by atoms with van der Waals surface area (Å²) in [6.07, 6.45) is 5.20. The van der Waals surface area contributed by atoms with Crippen LogP contribution in [0.2, 0.25) is 0 Å². The highest BCUT2D eigenvalue weighted by molar-refractivity contribution is 5.81. The summed E-state index contributed by atoms with van der Waals surface area (Å²) in [6.45, 7) is 4.43. The van der Waals surface area contributed by atoms with Gasteiger partial charge in [0.1, 0.15) is 11.6 Å². The van der Waals surface area contributed by atoms with Crippen LogP contribution in [0.4, 0.5) is 4.39 Å². The number of carbonyl (C=O) groups excluding carboxylic acids is 1. The molecule has 1 aliphatic rings. The summed E-state index contributed by atoms with van der Waals surface area (Å²) in [4.78, 5) is 14.5. The third-order valence-electron chi connectivity index (χ3n) is 4.10. The van der Waals surface area contributed by atoms with Crippen molar-refractivity contribution < 1.29 is 13.9 Å². The van der Waals surface area contributed by atoms with Gasteiger partial charge in [-0.3, -0.25) is 4.79 Å². The fourth-order valence-electron chi connectivity index (χ4n) is 3.02. The number of hydrogen-bond donors (Lipinski definition) is 0. The minimum Gasteiger partial charge on any atom is -0.481 e. The lowest BCUT2D eigenvalue weighted by atomic mass is 9.94. The molecule has 1 fully saturated rings. The van der Waals surface area contributed by atoms with Crippen molar-refractivity contribution in [2.75, 3.05) is 6.54 Å². The topological polar surface area (TPSA) is 29.5 Å². The Labute approximate surface area is 126 Å². The van der Waals surface area contributed by atoms with Gasteiger partial charge in [-0.05, 0) is 38.8 Å². The van der Waals surface area contributed by atoms with E-state index in [1.54, 1.807) is 19.1 Å². The van der Waals surface area contributed by atoms with Crippen LogP contribution >= 0.6 is 0 Å². The average molecular weight is 293 g/mol. The maximum absolute atomic E-state index is 13.2. The van der Waals surface area contributed by atoms with Crippen molar-refractivity contribution >= 4 is 5.91 Å². The van der Waals surface area contributed by atoms with Crippen molar-refractivity contribution in [3.63, 3.8) is 0 Å². The Balaban J connectivity index is 1.99. The molecule has 0 radical (unpaired) electrons. The maximum Gasteiger partial charge on any atom is 0.263 e. The van der Waals surface area contributed by atoms with Crippen molar-refractivity contribution in [1.29, 1.82) is 0 Å². The minimum absolute atomic E-state index is 0.00587. The molecule has 1 saturated carbocycles. The molecule has 3 nitrogen and oxygen atoms in total. The lowest BCUT2D eigenvalue weighted by Crippen LogP contribution is -2.47. The van der Waals surface area contributed by atoms with Gasteiger partial charge in [0.15, 0.2) is 6.10 Å². The van der Waals surface area contributed by atoms with Crippen LogP contribution in [0.1, 0.15) is 46.0 Å². The molecule has 0 bridgehead atoms. The molecule has 2 rings (SSSR count). The summed E-state index contributed by atoms with van der Waals surface area (Å²) < 4.78 is 18.8. The quantitative estimate of drug-likeness (QED) is 0.827. The lowest BCUT2D eigenvalue weighted by molar-refractivity contribution is -0.140. The van der Waals surface area contributed by atoms with E-state index in [-0.39, 0.29) is 11.7 Å². The summed E-state index contributed by atoms with van der Waals surface area (Å²) >= 11 is 0. The van der Waals surface area contributed by atoms with Crippen LogP contribution in [0.25, 0.3) is 0 Å². The molecule has 1 aromatic carbocycles. The number of nitrogens with zero attached hydrogens (tertiary/aromatic N) is 1. The monoisotopic (exact) mass is 293 g/mol. The van der Waals surface area contributed by atoms with E-state index in [2.05, 4.69) is 0 Å². The normalized spacial score (nSPS) is 17.3. The standard InChI is InChI=1S/C17H24FNO2/c1-3-19(15-9-5-4-6-10-15)17(20)13(2)21-16-11-7-8-14(18)12-16/h7-8,11-13,15H,3-6,9-10H2,1-2H3. The van der Waals surface area contributed by atoms with E-state index in [9.17, 15) is 9.18 Å². The Kier molecular flexibility index (Phi) is 5.59. The van der Waals surface area contributed by atoms with E-state index < -0.39 is 6.10 Å². The van der Waals surface area contributed by atoms with E-state index in [0.29, 0.717) is 18.3 Å². The van der Waals surface area contributed by atoms with Gasteiger partial charge in [0, 0.05) is 18.7 Å². The number of halogens is 1. The van der Waals surface area contributed by atoms with Crippen molar-refractivity contribution in [2.24, 2.45) is 0 Å². The maximum atomic E-state index is 13.2. The Morgan fingerprint density at radius 2 is 2.10 bits per heavy atom. The Morgan fingerprint density at radius 3 is 2.71 bits per heavy atom. The summed E-state index contributed by atoms with van der Waals surface area (Å²) in [7, 11) is 0. The van der Waals surface area contributed by atoms with Crippen LogP contribution in [0.15, 0.2) is 24.3 Å². The molecule has 0 saturated heterocycles. The molecular formula is C17H24FNO2. The summed E-state index contributed by atoms with van der Waals surface area (Å²) in [6, 6.07) is 6.25.